The lowest BCUT2D eigenvalue weighted by Crippen LogP contribution is -2.20. The summed E-state index contributed by atoms with van der Waals surface area (Å²) >= 11 is 0. The largest absolute Gasteiger partial charge is 0.483 e. The minimum Gasteiger partial charge on any atom is -0.483 e. The Morgan fingerprint density at radius 2 is 1.78 bits per heavy atom. The van der Waals surface area contributed by atoms with Gasteiger partial charge in [0.15, 0.2) is 6.61 Å². The number of amides is 1. The van der Waals surface area contributed by atoms with Crippen LogP contribution in [0.3, 0.4) is 0 Å². The van der Waals surface area contributed by atoms with E-state index in [0.29, 0.717) is 5.92 Å². The van der Waals surface area contributed by atoms with E-state index in [1.165, 1.54) is 5.56 Å². The predicted molar refractivity (Wildman–Crippen MR) is 95.3 cm³/mol. The number of hydrogen-bond donors (Lipinski definition) is 1. The van der Waals surface area contributed by atoms with Gasteiger partial charge in [-0.2, -0.15) is 0 Å². The van der Waals surface area contributed by atoms with E-state index in [1.807, 2.05) is 38.1 Å². The zero-order valence-corrected chi connectivity index (χ0v) is 14.6. The van der Waals surface area contributed by atoms with Crippen molar-refractivity contribution in [2.75, 3.05) is 11.9 Å². The summed E-state index contributed by atoms with van der Waals surface area (Å²) in [7, 11) is 0. The van der Waals surface area contributed by atoms with E-state index < -0.39 is 0 Å². The number of benzene rings is 2. The van der Waals surface area contributed by atoms with Crippen molar-refractivity contribution in [3.8, 4) is 5.75 Å². The van der Waals surface area contributed by atoms with Gasteiger partial charge in [-0.3, -0.25) is 4.79 Å². The zero-order valence-electron chi connectivity index (χ0n) is 14.6. The average Bonchev–Trinajstić information content (AvgIpc) is 2.48. The molecule has 3 nitrogen and oxygen atoms in total. The summed E-state index contributed by atoms with van der Waals surface area (Å²) in [5.74, 6) is 0.994. The van der Waals surface area contributed by atoms with Crippen LogP contribution in [0.25, 0.3) is 0 Å². The third kappa shape index (κ3) is 4.59. The van der Waals surface area contributed by atoms with E-state index in [-0.39, 0.29) is 12.5 Å². The van der Waals surface area contributed by atoms with Gasteiger partial charge in [0.2, 0.25) is 0 Å². The fourth-order valence-electron chi connectivity index (χ4n) is 2.40. The average molecular weight is 311 g/mol. The quantitative estimate of drug-likeness (QED) is 0.865. The van der Waals surface area contributed by atoms with Gasteiger partial charge in [-0.05, 0) is 67.1 Å². The highest BCUT2D eigenvalue weighted by molar-refractivity contribution is 5.92. The molecule has 0 saturated heterocycles. The maximum atomic E-state index is 12.1. The highest BCUT2D eigenvalue weighted by Crippen LogP contribution is 2.27. The Kier molecular flexibility index (Phi) is 5.43. The maximum absolute atomic E-state index is 12.1. The topological polar surface area (TPSA) is 38.3 Å². The van der Waals surface area contributed by atoms with Crippen LogP contribution < -0.4 is 10.1 Å². The molecular weight excluding hydrogens is 286 g/mol. The normalized spacial score (nSPS) is 10.7. The van der Waals surface area contributed by atoms with Crippen molar-refractivity contribution < 1.29 is 9.53 Å². The zero-order chi connectivity index (χ0) is 17.0. The smallest absolute Gasteiger partial charge is 0.262 e. The van der Waals surface area contributed by atoms with Crippen LogP contribution in [0.15, 0.2) is 36.4 Å². The van der Waals surface area contributed by atoms with Crippen LogP contribution >= 0.6 is 0 Å². The third-order valence-electron chi connectivity index (χ3n) is 3.94. The van der Waals surface area contributed by atoms with E-state index in [1.54, 1.807) is 0 Å². The number of ether oxygens (including phenoxy) is 1. The molecule has 0 atom stereocenters. The molecule has 0 radical (unpaired) electrons. The lowest BCUT2D eigenvalue weighted by molar-refractivity contribution is -0.118. The van der Waals surface area contributed by atoms with Gasteiger partial charge in [0.1, 0.15) is 5.75 Å². The van der Waals surface area contributed by atoms with E-state index in [9.17, 15) is 4.79 Å². The van der Waals surface area contributed by atoms with Crippen molar-refractivity contribution in [3.05, 3.63) is 58.7 Å². The number of aryl methyl sites for hydroxylation is 3. The van der Waals surface area contributed by atoms with Crippen LogP contribution in [0, 0.1) is 20.8 Å². The Balaban J connectivity index is 2.01. The standard InChI is InChI=1S/C20H25NO2/c1-13(2)18-9-6-14(3)10-19(18)23-12-20(22)21-17-8-7-15(4)16(5)11-17/h6-11,13H,12H2,1-5H3,(H,21,22). The Morgan fingerprint density at radius 1 is 1.04 bits per heavy atom. The molecule has 1 amide bonds. The molecule has 0 heterocycles. The molecule has 0 spiro atoms. The summed E-state index contributed by atoms with van der Waals surface area (Å²) in [4.78, 5) is 12.1. The van der Waals surface area contributed by atoms with Crippen molar-refractivity contribution in [1.29, 1.82) is 0 Å². The Hall–Kier alpha value is -2.29. The minimum absolute atomic E-state index is 0.0100. The summed E-state index contributed by atoms with van der Waals surface area (Å²) in [6.07, 6.45) is 0. The predicted octanol–water partition coefficient (Wildman–Crippen LogP) is 4.75. The van der Waals surface area contributed by atoms with E-state index in [0.717, 1.165) is 28.1 Å². The van der Waals surface area contributed by atoms with Gasteiger partial charge in [-0.1, -0.05) is 32.0 Å². The van der Waals surface area contributed by atoms with Gasteiger partial charge in [0.25, 0.3) is 5.91 Å². The molecule has 0 aromatic heterocycles. The molecule has 0 aliphatic heterocycles. The molecule has 1 N–H and O–H groups in total. The molecule has 0 aliphatic carbocycles. The Bertz CT molecular complexity index is 705. The summed E-state index contributed by atoms with van der Waals surface area (Å²) in [5.41, 5.74) is 5.41. The van der Waals surface area contributed by atoms with Gasteiger partial charge in [-0.15, -0.1) is 0 Å². The fraction of sp³-hybridized carbons (Fsp3) is 0.350. The van der Waals surface area contributed by atoms with Crippen LogP contribution in [0.2, 0.25) is 0 Å². The minimum atomic E-state index is -0.149. The molecule has 2 rings (SSSR count). The van der Waals surface area contributed by atoms with E-state index in [4.69, 9.17) is 4.74 Å². The van der Waals surface area contributed by atoms with Crippen molar-refractivity contribution >= 4 is 11.6 Å². The molecule has 0 unspecified atom stereocenters. The van der Waals surface area contributed by atoms with Crippen molar-refractivity contribution in [2.24, 2.45) is 0 Å². The van der Waals surface area contributed by atoms with Gasteiger partial charge in [-0.25, -0.2) is 0 Å². The molecule has 2 aromatic rings. The van der Waals surface area contributed by atoms with Crippen molar-refractivity contribution in [2.45, 2.75) is 40.5 Å². The second-order valence-electron chi connectivity index (χ2n) is 6.33. The molecule has 3 heteroatoms. The van der Waals surface area contributed by atoms with Crippen LogP contribution in [-0.2, 0) is 4.79 Å². The number of hydrogen-bond acceptors (Lipinski definition) is 2. The highest BCUT2D eigenvalue weighted by atomic mass is 16.5. The third-order valence-corrected chi connectivity index (χ3v) is 3.94. The highest BCUT2D eigenvalue weighted by Gasteiger charge is 2.10. The van der Waals surface area contributed by atoms with Crippen molar-refractivity contribution in [1.82, 2.24) is 0 Å². The van der Waals surface area contributed by atoms with Gasteiger partial charge < -0.3 is 10.1 Å². The van der Waals surface area contributed by atoms with E-state index >= 15 is 0 Å². The first kappa shape index (κ1) is 17.1. The summed E-state index contributed by atoms with van der Waals surface area (Å²) < 4.78 is 5.76. The Morgan fingerprint density at radius 3 is 2.43 bits per heavy atom. The SMILES string of the molecule is Cc1ccc(C(C)C)c(OCC(=O)Nc2ccc(C)c(C)c2)c1. The lowest BCUT2D eigenvalue weighted by Gasteiger charge is -2.15. The first-order valence-electron chi connectivity index (χ1n) is 7.97. The molecule has 23 heavy (non-hydrogen) atoms. The summed E-state index contributed by atoms with van der Waals surface area (Å²) in [6.45, 7) is 10.3. The monoisotopic (exact) mass is 311 g/mol. The summed E-state index contributed by atoms with van der Waals surface area (Å²) in [6, 6.07) is 12.0. The number of nitrogens with one attached hydrogen (secondary N) is 1. The number of anilines is 1. The maximum Gasteiger partial charge on any atom is 0.262 e. The van der Waals surface area contributed by atoms with Gasteiger partial charge >= 0.3 is 0 Å². The second kappa shape index (κ2) is 7.32. The number of rotatable bonds is 5. The molecule has 0 fully saturated rings. The van der Waals surface area contributed by atoms with Gasteiger partial charge in [0, 0.05) is 5.69 Å². The molecule has 122 valence electrons. The van der Waals surface area contributed by atoms with Crippen LogP contribution in [0.5, 0.6) is 5.75 Å². The first-order chi connectivity index (χ1) is 10.9. The van der Waals surface area contributed by atoms with Crippen molar-refractivity contribution in [3.63, 3.8) is 0 Å². The van der Waals surface area contributed by atoms with Gasteiger partial charge in [0.05, 0.1) is 0 Å². The molecule has 2 aromatic carbocycles. The lowest BCUT2D eigenvalue weighted by atomic mass is 10.0. The van der Waals surface area contributed by atoms with Crippen LogP contribution in [0.4, 0.5) is 5.69 Å². The molecular formula is C20H25NO2. The number of carbonyl (C=O) groups is 1. The van der Waals surface area contributed by atoms with Crippen LogP contribution in [-0.4, -0.2) is 12.5 Å². The first-order valence-corrected chi connectivity index (χ1v) is 7.97. The Labute approximate surface area is 138 Å². The van der Waals surface area contributed by atoms with Crippen LogP contribution in [0.1, 0.15) is 42.0 Å². The second-order valence-corrected chi connectivity index (χ2v) is 6.33. The molecule has 0 aliphatic rings. The van der Waals surface area contributed by atoms with E-state index in [2.05, 4.69) is 38.2 Å². The fourth-order valence-corrected chi connectivity index (χ4v) is 2.40. The molecule has 0 saturated carbocycles. The summed E-state index contributed by atoms with van der Waals surface area (Å²) in [5, 5.41) is 2.88. The number of carbonyl (C=O) groups excluding carboxylic acids is 1. The molecule has 0 bridgehead atoms.